The van der Waals surface area contributed by atoms with Crippen LogP contribution in [-0.2, 0) is 6.42 Å². The second kappa shape index (κ2) is 5.77. The van der Waals surface area contributed by atoms with Crippen molar-refractivity contribution in [3.8, 4) is 5.69 Å². The first-order chi connectivity index (χ1) is 11.7. The number of amides is 1. The minimum Gasteiger partial charge on any atom is -0.374 e. The number of nitrogens with zero attached hydrogens (tertiary/aromatic N) is 5. The molecule has 0 saturated heterocycles. The number of carbonyl (C=O) groups excluding carboxylic acids is 1. The quantitative estimate of drug-likeness (QED) is 0.798. The average molecular weight is 320 g/mol. The normalized spacial score (nSPS) is 13.0. The van der Waals surface area contributed by atoms with Gasteiger partial charge in [-0.2, -0.15) is 0 Å². The Morgan fingerprint density at radius 3 is 2.75 bits per heavy atom. The van der Waals surface area contributed by atoms with Gasteiger partial charge >= 0.3 is 0 Å². The average Bonchev–Trinajstić information content (AvgIpc) is 3.26. The summed E-state index contributed by atoms with van der Waals surface area (Å²) in [5.41, 5.74) is 4.69. The van der Waals surface area contributed by atoms with Crippen molar-refractivity contribution < 1.29 is 4.79 Å². The number of aromatic nitrogens is 4. The van der Waals surface area contributed by atoms with Crippen LogP contribution in [0.2, 0.25) is 0 Å². The van der Waals surface area contributed by atoms with Crippen LogP contribution < -0.4 is 10.2 Å². The number of nitrogens with one attached hydrogen (secondary N) is 1. The monoisotopic (exact) mass is 320 g/mol. The van der Waals surface area contributed by atoms with Gasteiger partial charge in [0.25, 0.3) is 5.91 Å². The third-order valence-corrected chi connectivity index (χ3v) is 4.21. The minimum atomic E-state index is -0.140. The zero-order valence-electron chi connectivity index (χ0n) is 13.2. The SMILES string of the molecule is CN1CCc2ccc(NC(=O)c3ccc(-n4cnnn4)cc3)cc21. The molecule has 0 unspecified atom stereocenters. The summed E-state index contributed by atoms with van der Waals surface area (Å²) in [5.74, 6) is -0.140. The van der Waals surface area contributed by atoms with Gasteiger partial charge in [-0.3, -0.25) is 4.79 Å². The molecule has 1 N–H and O–H groups in total. The molecule has 2 heterocycles. The van der Waals surface area contributed by atoms with E-state index in [1.54, 1.807) is 12.1 Å². The Bertz CT molecular complexity index is 873. The predicted molar refractivity (Wildman–Crippen MR) is 90.5 cm³/mol. The van der Waals surface area contributed by atoms with Crippen molar-refractivity contribution in [2.24, 2.45) is 0 Å². The molecule has 0 saturated carbocycles. The van der Waals surface area contributed by atoms with E-state index in [9.17, 15) is 4.79 Å². The summed E-state index contributed by atoms with van der Waals surface area (Å²) in [6, 6.07) is 13.2. The van der Waals surface area contributed by atoms with Crippen LogP contribution in [0.1, 0.15) is 15.9 Å². The van der Waals surface area contributed by atoms with E-state index in [2.05, 4.69) is 38.9 Å². The van der Waals surface area contributed by atoms with Crippen LogP contribution in [0.4, 0.5) is 11.4 Å². The van der Waals surface area contributed by atoms with E-state index in [1.807, 2.05) is 24.3 Å². The van der Waals surface area contributed by atoms with Crippen molar-refractivity contribution in [1.29, 1.82) is 0 Å². The van der Waals surface area contributed by atoms with Gasteiger partial charge in [-0.1, -0.05) is 6.07 Å². The molecule has 0 spiro atoms. The molecule has 1 amide bonds. The zero-order chi connectivity index (χ0) is 16.5. The lowest BCUT2D eigenvalue weighted by molar-refractivity contribution is 0.102. The van der Waals surface area contributed by atoms with Crippen molar-refractivity contribution in [3.05, 3.63) is 59.9 Å². The van der Waals surface area contributed by atoms with E-state index in [4.69, 9.17) is 0 Å². The molecule has 0 aliphatic carbocycles. The highest BCUT2D eigenvalue weighted by Gasteiger charge is 2.16. The van der Waals surface area contributed by atoms with Gasteiger partial charge in [0.2, 0.25) is 0 Å². The highest BCUT2D eigenvalue weighted by molar-refractivity contribution is 6.04. The van der Waals surface area contributed by atoms with Gasteiger partial charge in [-0.25, -0.2) is 4.68 Å². The molecule has 0 fully saturated rings. The highest BCUT2D eigenvalue weighted by atomic mass is 16.1. The van der Waals surface area contributed by atoms with Crippen molar-refractivity contribution in [3.63, 3.8) is 0 Å². The lowest BCUT2D eigenvalue weighted by Gasteiger charge is -2.13. The lowest BCUT2D eigenvalue weighted by atomic mass is 10.1. The van der Waals surface area contributed by atoms with Crippen LogP contribution in [0.5, 0.6) is 0 Å². The van der Waals surface area contributed by atoms with E-state index in [0.29, 0.717) is 5.56 Å². The molecule has 120 valence electrons. The fraction of sp³-hybridized carbons (Fsp3) is 0.176. The van der Waals surface area contributed by atoms with E-state index in [0.717, 1.165) is 24.3 Å². The predicted octanol–water partition coefficient (Wildman–Crippen LogP) is 1.91. The Hall–Kier alpha value is -3.22. The zero-order valence-corrected chi connectivity index (χ0v) is 13.2. The molecule has 4 rings (SSSR count). The maximum atomic E-state index is 12.4. The number of benzene rings is 2. The third kappa shape index (κ3) is 2.60. The number of hydrogen-bond acceptors (Lipinski definition) is 5. The molecule has 24 heavy (non-hydrogen) atoms. The number of anilines is 2. The van der Waals surface area contributed by atoms with Gasteiger partial charge in [-0.15, -0.1) is 5.10 Å². The summed E-state index contributed by atoms with van der Waals surface area (Å²) in [7, 11) is 2.06. The summed E-state index contributed by atoms with van der Waals surface area (Å²) >= 11 is 0. The fourth-order valence-corrected chi connectivity index (χ4v) is 2.87. The summed E-state index contributed by atoms with van der Waals surface area (Å²) in [4.78, 5) is 14.6. The largest absolute Gasteiger partial charge is 0.374 e. The number of tetrazole rings is 1. The molecule has 0 bridgehead atoms. The Labute approximate surface area is 138 Å². The maximum Gasteiger partial charge on any atom is 0.255 e. The molecule has 7 heteroatoms. The Morgan fingerprint density at radius 2 is 2.00 bits per heavy atom. The molecule has 3 aromatic rings. The number of rotatable bonds is 3. The molecule has 1 aliphatic heterocycles. The molecule has 0 radical (unpaired) electrons. The number of hydrogen-bond donors (Lipinski definition) is 1. The van der Waals surface area contributed by atoms with Crippen molar-refractivity contribution in [1.82, 2.24) is 20.2 Å². The van der Waals surface area contributed by atoms with E-state index in [1.165, 1.54) is 22.3 Å². The van der Waals surface area contributed by atoms with Crippen LogP contribution >= 0.6 is 0 Å². The Kier molecular flexibility index (Phi) is 3.45. The van der Waals surface area contributed by atoms with Crippen LogP contribution in [0.3, 0.4) is 0 Å². The number of carbonyl (C=O) groups is 1. The summed E-state index contributed by atoms with van der Waals surface area (Å²) < 4.78 is 1.54. The van der Waals surface area contributed by atoms with Gasteiger partial charge in [0.15, 0.2) is 0 Å². The molecule has 2 aromatic carbocycles. The first-order valence-corrected chi connectivity index (χ1v) is 7.69. The van der Waals surface area contributed by atoms with Gasteiger partial charge in [-0.05, 0) is 58.8 Å². The van der Waals surface area contributed by atoms with Gasteiger partial charge in [0.05, 0.1) is 5.69 Å². The van der Waals surface area contributed by atoms with Crippen molar-refractivity contribution >= 4 is 17.3 Å². The van der Waals surface area contributed by atoms with E-state index < -0.39 is 0 Å². The standard InChI is InChI=1S/C17H16N6O/c1-22-9-8-12-2-5-14(10-16(12)22)19-17(24)13-3-6-15(7-4-13)23-11-18-20-21-23/h2-7,10-11H,8-9H2,1H3,(H,19,24). The summed E-state index contributed by atoms with van der Waals surface area (Å²) in [6.45, 7) is 1.02. The Morgan fingerprint density at radius 1 is 1.17 bits per heavy atom. The van der Waals surface area contributed by atoms with Crippen LogP contribution in [0.25, 0.3) is 5.69 Å². The topological polar surface area (TPSA) is 75.9 Å². The smallest absolute Gasteiger partial charge is 0.255 e. The molecule has 1 aliphatic rings. The second-order valence-corrected chi connectivity index (χ2v) is 5.77. The molecule has 0 atom stereocenters. The number of fused-ring (bicyclic) bond motifs is 1. The van der Waals surface area contributed by atoms with Crippen LogP contribution in [0, 0.1) is 0 Å². The van der Waals surface area contributed by atoms with E-state index in [-0.39, 0.29) is 5.91 Å². The van der Waals surface area contributed by atoms with Gasteiger partial charge < -0.3 is 10.2 Å². The first-order valence-electron chi connectivity index (χ1n) is 7.69. The first kappa shape index (κ1) is 14.4. The fourth-order valence-electron chi connectivity index (χ4n) is 2.87. The van der Waals surface area contributed by atoms with Crippen LogP contribution in [-0.4, -0.2) is 39.7 Å². The van der Waals surface area contributed by atoms with Crippen LogP contribution in [0.15, 0.2) is 48.8 Å². The van der Waals surface area contributed by atoms with E-state index >= 15 is 0 Å². The van der Waals surface area contributed by atoms with Crippen molar-refractivity contribution in [2.45, 2.75) is 6.42 Å². The Balaban J connectivity index is 1.51. The van der Waals surface area contributed by atoms with Crippen molar-refractivity contribution in [2.75, 3.05) is 23.8 Å². The maximum absolute atomic E-state index is 12.4. The second-order valence-electron chi connectivity index (χ2n) is 5.77. The van der Waals surface area contributed by atoms with Gasteiger partial charge in [0, 0.05) is 30.5 Å². The highest BCUT2D eigenvalue weighted by Crippen LogP contribution is 2.29. The lowest BCUT2D eigenvalue weighted by Crippen LogP contribution is -2.14. The van der Waals surface area contributed by atoms with Gasteiger partial charge in [0.1, 0.15) is 6.33 Å². The summed E-state index contributed by atoms with van der Waals surface area (Å²) in [5, 5.41) is 14.0. The molecular formula is C17H16N6O. The minimum absolute atomic E-state index is 0.140. The molecular weight excluding hydrogens is 304 g/mol. The molecule has 7 nitrogen and oxygen atoms in total. The summed E-state index contributed by atoms with van der Waals surface area (Å²) in [6.07, 6.45) is 2.56. The third-order valence-electron chi connectivity index (χ3n) is 4.21. The number of likely N-dealkylation sites (N-methyl/N-ethyl adjacent to an activating group) is 1. The molecule has 1 aromatic heterocycles.